The first-order valence-electron chi connectivity index (χ1n) is 6.00. The molecule has 0 radical (unpaired) electrons. The molecule has 2 atom stereocenters. The van der Waals surface area contributed by atoms with Gasteiger partial charge in [-0.3, -0.25) is 0 Å². The fraction of sp³-hybridized carbons (Fsp3) is 0.538. The van der Waals surface area contributed by atoms with E-state index in [0.29, 0.717) is 12.4 Å². The lowest BCUT2D eigenvalue weighted by Crippen LogP contribution is -2.49. The lowest BCUT2D eigenvalue weighted by molar-refractivity contribution is -0.0834. The van der Waals surface area contributed by atoms with Crippen LogP contribution in [-0.4, -0.2) is 18.8 Å². The van der Waals surface area contributed by atoms with Gasteiger partial charge in [-0.05, 0) is 18.9 Å². The maximum atomic E-state index is 13.2. The molecule has 1 unspecified atom stereocenters. The van der Waals surface area contributed by atoms with Crippen molar-refractivity contribution >= 4 is 0 Å². The Morgan fingerprint density at radius 2 is 2.29 bits per heavy atom. The van der Waals surface area contributed by atoms with Crippen LogP contribution in [-0.2, 0) is 4.74 Å². The third-order valence-corrected chi connectivity index (χ3v) is 3.58. The van der Waals surface area contributed by atoms with Crippen LogP contribution in [0.15, 0.2) is 18.2 Å². The Morgan fingerprint density at radius 1 is 1.41 bits per heavy atom. The van der Waals surface area contributed by atoms with Crippen LogP contribution in [0, 0.1) is 5.82 Å². The monoisotopic (exact) mass is 237 g/mol. The number of hydrogen-bond donors (Lipinski definition) is 1. The number of nitrogens with two attached hydrogens (primary N) is 1. The minimum atomic E-state index is -0.349. The van der Waals surface area contributed by atoms with E-state index in [1.165, 1.54) is 12.1 Å². The average molecular weight is 237 g/mol. The van der Waals surface area contributed by atoms with E-state index in [9.17, 15) is 4.39 Å². The maximum absolute atomic E-state index is 13.2. The number of ether oxygens (including phenoxy) is 2. The number of rotatable bonds is 0. The lowest BCUT2D eigenvalue weighted by Gasteiger charge is -2.43. The van der Waals surface area contributed by atoms with Crippen molar-refractivity contribution < 1.29 is 13.9 Å². The molecule has 3 rings (SSSR count). The van der Waals surface area contributed by atoms with E-state index in [-0.39, 0.29) is 17.5 Å². The van der Waals surface area contributed by atoms with Crippen molar-refractivity contribution in [1.29, 1.82) is 0 Å². The largest absolute Gasteiger partial charge is 0.484 e. The zero-order valence-electron chi connectivity index (χ0n) is 9.62. The zero-order chi connectivity index (χ0) is 11.9. The normalized spacial score (nSPS) is 32.0. The molecule has 3 nitrogen and oxygen atoms in total. The molecule has 0 saturated carbocycles. The number of halogens is 1. The summed E-state index contributed by atoms with van der Waals surface area (Å²) in [7, 11) is 0. The van der Waals surface area contributed by atoms with E-state index in [0.717, 1.165) is 31.4 Å². The van der Waals surface area contributed by atoms with Gasteiger partial charge in [-0.15, -0.1) is 0 Å². The van der Waals surface area contributed by atoms with E-state index in [1.54, 1.807) is 6.07 Å². The molecule has 0 aromatic heterocycles. The van der Waals surface area contributed by atoms with Crippen molar-refractivity contribution in [3.8, 4) is 5.75 Å². The number of hydrogen-bond acceptors (Lipinski definition) is 3. The summed E-state index contributed by atoms with van der Waals surface area (Å²) in [4.78, 5) is 0. The Bertz CT molecular complexity index is 429. The first-order valence-corrected chi connectivity index (χ1v) is 6.00. The molecule has 1 aromatic carbocycles. The highest BCUT2D eigenvalue weighted by Crippen LogP contribution is 2.42. The van der Waals surface area contributed by atoms with Crippen molar-refractivity contribution in [3.63, 3.8) is 0 Å². The molecule has 2 N–H and O–H groups in total. The molecule has 92 valence electrons. The second kappa shape index (κ2) is 3.96. The molecule has 17 heavy (non-hydrogen) atoms. The summed E-state index contributed by atoms with van der Waals surface area (Å²) in [5.41, 5.74) is 6.69. The van der Waals surface area contributed by atoms with E-state index >= 15 is 0 Å². The molecule has 0 amide bonds. The third kappa shape index (κ3) is 1.91. The average Bonchev–Trinajstić information content (AvgIpc) is 2.29. The highest BCUT2D eigenvalue weighted by atomic mass is 19.1. The van der Waals surface area contributed by atoms with Gasteiger partial charge in [0, 0.05) is 30.7 Å². The van der Waals surface area contributed by atoms with Gasteiger partial charge < -0.3 is 15.2 Å². The van der Waals surface area contributed by atoms with E-state index < -0.39 is 0 Å². The molecule has 0 aliphatic carbocycles. The van der Waals surface area contributed by atoms with Crippen molar-refractivity contribution in [2.45, 2.75) is 30.9 Å². The molecule has 2 aliphatic heterocycles. The minimum Gasteiger partial charge on any atom is -0.484 e. The lowest BCUT2D eigenvalue weighted by atomic mass is 9.84. The summed E-state index contributed by atoms with van der Waals surface area (Å²) in [6.07, 6.45) is 2.64. The first kappa shape index (κ1) is 11.0. The predicted octanol–water partition coefficient (Wildman–Crippen LogP) is 2.16. The van der Waals surface area contributed by atoms with Crippen molar-refractivity contribution in [1.82, 2.24) is 0 Å². The highest BCUT2D eigenvalue weighted by Gasteiger charge is 2.41. The summed E-state index contributed by atoms with van der Waals surface area (Å²) < 4.78 is 24.7. The molecule has 0 bridgehead atoms. The number of fused-ring (bicyclic) bond motifs is 1. The summed E-state index contributed by atoms with van der Waals surface area (Å²) in [6.45, 7) is 1.33. The van der Waals surface area contributed by atoms with Gasteiger partial charge in [0.05, 0.1) is 6.61 Å². The van der Waals surface area contributed by atoms with Crippen molar-refractivity contribution in [2.24, 2.45) is 5.73 Å². The molecule has 4 heteroatoms. The predicted molar refractivity (Wildman–Crippen MR) is 61.4 cm³/mol. The van der Waals surface area contributed by atoms with Gasteiger partial charge in [-0.25, -0.2) is 4.39 Å². The van der Waals surface area contributed by atoms with Gasteiger partial charge in [-0.2, -0.15) is 0 Å². The van der Waals surface area contributed by atoms with Gasteiger partial charge in [0.1, 0.15) is 17.2 Å². The number of benzene rings is 1. The van der Waals surface area contributed by atoms with E-state index in [4.69, 9.17) is 15.2 Å². The van der Waals surface area contributed by atoms with Crippen LogP contribution in [0.1, 0.15) is 30.9 Å². The van der Waals surface area contributed by atoms with Gasteiger partial charge in [0.15, 0.2) is 0 Å². The highest BCUT2D eigenvalue weighted by molar-refractivity contribution is 5.39. The standard InChI is InChI=1S/C13H16FNO2/c14-9-2-3-10-11(15)7-13(17-12(10)6-9)4-1-5-16-8-13/h2-3,6,11H,1,4-5,7-8,15H2/t11-,13?/m0/s1. The van der Waals surface area contributed by atoms with Crippen LogP contribution in [0.25, 0.3) is 0 Å². The van der Waals surface area contributed by atoms with Crippen LogP contribution in [0.2, 0.25) is 0 Å². The smallest absolute Gasteiger partial charge is 0.134 e. The summed E-state index contributed by atoms with van der Waals surface area (Å²) in [6, 6.07) is 4.47. The molecule has 1 aromatic rings. The van der Waals surface area contributed by atoms with Crippen LogP contribution in [0.4, 0.5) is 4.39 Å². The summed E-state index contributed by atoms with van der Waals surface area (Å²) in [5.74, 6) is 0.291. The van der Waals surface area contributed by atoms with Gasteiger partial charge in [-0.1, -0.05) is 6.07 Å². The molecular weight excluding hydrogens is 221 g/mol. The second-order valence-electron chi connectivity index (χ2n) is 4.93. The first-order chi connectivity index (χ1) is 8.19. The van der Waals surface area contributed by atoms with Crippen LogP contribution < -0.4 is 10.5 Å². The Kier molecular flexibility index (Phi) is 2.56. The zero-order valence-corrected chi connectivity index (χ0v) is 9.62. The molecule has 2 aliphatic rings. The fourth-order valence-electron chi connectivity index (χ4n) is 2.76. The van der Waals surface area contributed by atoms with Crippen LogP contribution >= 0.6 is 0 Å². The Morgan fingerprint density at radius 3 is 3.06 bits per heavy atom. The van der Waals surface area contributed by atoms with Crippen molar-refractivity contribution in [2.75, 3.05) is 13.2 Å². The maximum Gasteiger partial charge on any atom is 0.134 e. The molecule has 1 saturated heterocycles. The van der Waals surface area contributed by atoms with Gasteiger partial charge in [0.25, 0.3) is 0 Å². The summed E-state index contributed by atoms with van der Waals surface area (Å²) in [5, 5.41) is 0. The van der Waals surface area contributed by atoms with E-state index in [2.05, 4.69) is 0 Å². The van der Waals surface area contributed by atoms with Gasteiger partial charge >= 0.3 is 0 Å². The fourth-order valence-corrected chi connectivity index (χ4v) is 2.76. The molecular formula is C13H16FNO2. The minimum absolute atomic E-state index is 0.0963. The summed E-state index contributed by atoms with van der Waals surface area (Å²) >= 11 is 0. The van der Waals surface area contributed by atoms with Crippen LogP contribution in [0.3, 0.4) is 0 Å². The Hall–Kier alpha value is -1.13. The molecule has 1 spiro atoms. The Labute approximate surface area is 99.7 Å². The van der Waals surface area contributed by atoms with Crippen LogP contribution in [0.5, 0.6) is 5.75 Å². The third-order valence-electron chi connectivity index (χ3n) is 3.58. The SMILES string of the molecule is N[C@H]1CC2(CCCOC2)Oc2cc(F)ccc21. The quantitative estimate of drug-likeness (QED) is 0.752. The topological polar surface area (TPSA) is 44.5 Å². The second-order valence-corrected chi connectivity index (χ2v) is 4.93. The molecule has 2 heterocycles. The molecule has 1 fully saturated rings. The van der Waals surface area contributed by atoms with Gasteiger partial charge in [0.2, 0.25) is 0 Å². The Balaban J connectivity index is 1.95. The van der Waals surface area contributed by atoms with E-state index in [1.807, 2.05) is 0 Å². The van der Waals surface area contributed by atoms with Crippen molar-refractivity contribution in [3.05, 3.63) is 29.6 Å².